The van der Waals surface area contributed by atoms with Crippen molar-refractivity contribution in [2.45, 2.75) is 0 Å². The largest absolute Gasteiger partial charge is 0.496 e. The minimum absolute atomic E-state index is 0.0330. The number of benzene rings is 1. The normalized spacial score (nSPS) is 10.2. The van der Waals surface area contributed by atoms with E-state index in [0.29, 0.717) is 20.5 Å². The molecule has 0 fully saturated rings. The average Bonchev–Trinajstić information content (AvgIpc) is 2.91. The van der Waals surface area contributed by atoms with Gasteiger partial charge in [-0.15, -0.1) is 0 Å². The fourth-order valence-electron chi connectivity index (χ4n) is 1.55. The summed E-state index contributed by atoms with van der Waals surface area (Å²) in [4.78, 5) is 23.6. The summed E-state index contributed by atoms with van der Waals surface area (Å²) in [6.45, 7) is -0.365. The first-order chi connectivity index (χ1) is 10.0. The van der Waals surface area contributed by atoms with Crippen LogP contribution in [-0.4, -0.2) is 25.5 Å². The van der Waals surface area contributed by atoms with Crippen LogP contribution >= 0.6 is 31.9 Å². The quantitative estimate of drug-likeness (QED) is 0.546. The fraction of sp³-hybridized carbons (Fsp3) is 0.143. The third kappa shape index (κ3) is 3.95. The van der Waals surface area contributed by atoms with E-state index >= 15 is 0 Å². The highest BCUT2D eigenvalue weighted by molar-refractivity contribution is 9.10. The van der Waals surface area contributed by atoms with Crippen molar-refractivity contribution >= 4 is 43.6 Å². The van der Waals surface area contributed by atoms with Gasteiger partial charge in [0.1, 0.15) is 5.75 Å². The third-order valence-electron chi connectivity index (χ3n) is 2.58. The molecule has 1 heterocycles. The van der Waals surface area contributed by atoms with Crippen LogP contribution in [0.3, 0.4) is 0 Å². The standard InChI is InChI=1S/C14H10Br2O5/c1-19-11-3-2-8(6-9(11)15)10(17)7-20-14(18)12-4-5-13(16)21-12/h2-6H,7H2,1H3. The fourth-order valence-corrected chi connectivity index (χ4v) is 2.40. The lowest BCUT2D eigenvalue weighted by atomic mass is 10.1. The number of esters is 1. The molecular formula is C14H10Br2O5. The number of furan rings is 1. The zero-order valence-electron chi connectivity index (χ0n) is 10.9. The minimum atomic E-state index is -0.693. The zero-order valence-corrected chi connectivity index (χ0v) is 14.1. The summed E-state index contributed by atoms with van der Waals surface area (Å²) in [5, 5.41) is 0. The molecule has 0 N–H and O–H groups in total. The number of methoxy groups -OCH3 is 1. The van der Waals surface area contributed by atoms with Gasteiger partial charge < -0.3 is 13.9 Å². The molecule has 0 amide bonds. The van der Waals surface area contributed by atoms with E-state index in [4.69, 9.17) is 13.9 Å². The molecule has 2 rings (SSSR count). The number of rotatable bonds is 5. The Balaban J connectivity index is 1.98. The van der Waals surface area contributed by atoms with Crippen LogP contribution in [0.1, 0.15) is 20.9 Å². The van der Waals surface area contributed by atoms with Crippen molar-refractivity contribution in [3.63, 3.8) is 0 Å². The van der Waals surface area contributed by atoms with Crippen molar-refractivity contribution in [3.8, 4) is 5.75 Å². The van der Waals surface area contributed by atoms with Crippen molar-refractivity contribution in [1.29, 1.82) is 0 Å². The summed E-state index contributed by atoms with van der Waals surface area (Å²) in [6.07, 6.45) is 0. The van der Waals surface area contributed by atoms with Crippen molar-refractivity contribution in [2.75, 3.05) is 13.7 Å². The summed E-state index contributed by atoms with van der Waals surface area (Å²) < 4.78 is 16.1. The number of Topliss-reactive ketones (excluding diaryl/α,β-unsaturated/α-hetero) is 1. The summed E-state index contributed by atoms with van der Waals surface area (Å²) in [7, 11) is 1.53. The van der Waals surface area contributed by atoms with Gasteiger partial charge in [0.2, 0.25) is 5.76 Å². The van der Waals surface area contributed by atoms with Gasteiger partial charge in [-0.25, -0.2) is 4.79 Å². The van der Waals surface area contributed by atoms with Crippen molar-refractivity contribution in [2.24, 2.45) is 0 Å². The van der Waals surface area contributed by atoms with E-state index in [0.717, 1.165) is 0 Å². The Morgan fingerprint density at radius 2 is 1.95 bits per heavy atom. The molecule has 21 heavy (non-hydrogen) atoms. The Labute approximate surface area is 137 Å². The van der Waals surface area contributed by atoms with Crippen molar-refractivity contribution in [1.82, 2.24) is 0 Å². The molecular weight excluding hydrogens is 408 g/mol. The molecule has 0 bridgehead atoms. The molecule has 0 aliphatic carbocycles. The first-order valence-corrected chi connectivity index (χ1v) is 7.39. The second-order valence-electron chi connectivity index (χ2n) is 3.95. The highest BCUT2D eigenvalue weighted by Gasteiger charge is 2.15. The molecule has 0 radical (unpaired) electrons. The number of hydrogen-bond donors (Lipinski definition) is 0. The summed E-state index contributed by atoms with van der Waals surface area (Å²) >= 11 is 6.37. The maximum absolute atomic E-state index is 12.0. The van der Waals surface area contributed by atoms with Gasteiger partial charge in [-0.2, -0.15) is 0 Å². The number of ether oxygens (including phenoxy) is 2. The van der Waals surface area contributed by atoms with Gasteiger partial charge in [0.25, 0.3) is 0 Å². The molecule has 0 aliphatic heterocycles. The highest BCUT2D eigenvalue weighted by Crippen LogP contribution is 2.25. The predicted octanol–water partition coefficient (Wildman–Crippen LogP) is 3.85. The SMILES string of the molecule is COc1ccc(C(=O)COC(=O)c2ccc(Br)o2)cc1Br. The van der Waals surface area contributed by atoms with Gasteiger partial charge in [0.15, 0.2) is 17.1 Å². The average molecular weight is 418 g/mol. The zero-order chi connectivity index (χ0) is 15.4. The molecule has 7 heteroatoms. The Bertz CT molecular complexity index is 678. The first kappa shape index (κ1) is 15.8. The summed E-state index contributed by atoms with van der Waals surface area (Å²) in [5.74, 6) is -0.367. The maximum atomic E-state index is 12.0. The Morgan fingerprint density at radius 1 is 1.19 bits per heavy atom. The predicted molar refractivity (Wildman–Crippen MR) is 81.7 cm³/mol. The second kappa shape index (κ2) is 6.91. The lowest BCUT2D eigenvalue weighted by molar-refractivity contribution is 0.0442. The van der Waals surface area contributed by atoms with Crippen LogP contribution in [0.5, 0.6) is 5.75 Å². The number of hydrogen-bond acceptors (Lipinski definition) is 5. The van der Waals surface area contributed by atoms with E-state index in [1.165, 1.54) is 13.2 Å². The van der Waals surface area contributed by atoms with Crippen LogP contribution in [0.2, 0.25) is 0 Å². The number of ketones is 1. The molecule has 1 aromatic heterocycles. The van der Waals surface area contributed by atoms with Gasteiger partial charge >= 0.3 is 5.97 Å². The van der Waals surface area contributed by atoms with Crippen LogP contribution in [0.4, 0.5) is 0 Å². The topological polar surface area (TPSA) is 65.7 Å². The molecule has 1 aromatic carbocycles. The first-order valence-electron chi connectivity index (χ1n) is 5.80. The van der Waals surface area contributed by atoms with Gasteiger partial charge in [0.05, 0.1) is 11.6 Å². The molecule has 0 saturated carbocycles. The van der Waals surface area contributed by atoms with Gasteiger partial charge in [-0.3, -0.25) is 4.79 Å². The second-order valence-corrected chi connectivity index (χ2v) is 5.59. The third-order valence-corrected chi connectivity index (χ3v) is 3.63. The molecule has 2 aromatic rings. The van der Waals surface area contributed by atoms with E-state index in [9.17, 15) is 9.59 Å². The van der Waals surface area contributed by atoms with Crippen molar-refractivity contribution in [3.05, 3.63) is 50.8 Å². The molecule has 0 atom stereocenters. The molecule has 0 spiro atoms. The number of halogens is 2. The lowest BCUT2D eigenvalue weighted by Gasteiger charge is -2.06. The van der Waals surface area contributed by atoms with Gasteiger partial charge in [-0.1, -0.05) is 0 Å². The van der Waals surface area contributed by atoms with Crippen LogP contribution in [-0.2, 0) is 4.74 Å². The maximum Gasteiger partial charge on any atom is 0.374 e. The van der Waals surface area contributed by atoms with E-state index in [1.807, 2.05) is 0 Å². The monoisotopic (exact) mass is 416 g/mol. The highest BCUT2D eigenvalue weighted by atomic mass is 79.9. The van der Waals surface area contributed by atoms with E-state index in [2.05, 4.69) is 31.9 Å². The minimum Gasteiger partial charge on any atom is -0.496 e. The molecule has 5 nitrogen and oxygen atoms in total. The van der Waals surface area contributed by atoms with Crippen LogP contribution in [0.15, 0.2) is 43.9 Å². The number of carbonyl (C=O) groups excluding carboxylic acids is 2. The van der Waals surface area contributed by atoms with Crippen LogP contribution in [0, 0.1) is 0 Å². The van der Waals surface area contributed by atoms with Crippen molar-refractivity contribution < 1.29 is 23.5 Å². The van der Waals surface area contributed by atoms with Crippen LogP contribution < -0.4 is 4.74 Å². The van der Waals surface area contributed by atoms with Gasteiger partial charge in [0, 0.05) is 5.56 Å². The van der Waals surface area contributed by atoms with Crippen LogP contribution in [0.25, 0.3) is 0 Å². The number of carbonyl (C=O) groups is 2. The Morgan fingerprint density at radius 3 is 2.52 bits per heavy atom. The van der Waals surface area contributed by atoms with E-state index < -0.39 is 5.97 Å². The molecule has 0 saturated heterocycles. The Kier molecular flexibility index (Phi) is 5.19. The summed E-state index contributed by atoms with van der Waals surface area (Å²) in [5.41, 5.74) is 0.413. The smallest absolute Gasteiger partial charge is 0.374 e. The lowest BCUT2D eigenvalue weighted by Crippen LogP contribution is -2.14. The van der Waals surface area contributed by atoms with E-state index in [1.54, 1.807) is 24.3 Å². The molecule has 110 valence electrons. The molecule has 0 unspecified atom stereocenters. The molecule has 0 aliphatic rings. The Hall–Kier alpha value is -1.60. The summed E-state index contributed by atoms with van der Waals surface area (Å²) in [6, 6.07) is 7.89. The van der Waals surface area contributed by atoms with E-state index in [-0.39, 0.29) is 18.2 Å². The van der Waals surface area contributed by atoms with Gasteiger partial charge in [-0.05, 0) is 62.2 Å².